The van der Waals surface area contributed by atoms with Crippen molar-refractivity contribution in [2.75, 3.05) is 6.54 Å². The zero-order valence-electron chi connectivity index (χ0n) is 8.56. The van der Waals surface area contributed by atoms with Crippen molar-refractivity contribution in [3.63, 3.8) is 0 Å². The average molecular weight is 181 g/mol. The zero-order chi connectivity index (χ0) is 9.73. The van der Waals surface area contributed by atoms with Crippen LogP contribution in [0.2, 0.25) is 0 Å². The largest absolute Gasteiger partial charge is 0.389 e. The maximum atomic E-state index is 9.89. The summed E-state index contributed by atoms with van der Waals surface area (Å²) < 4.78 is 0. The minimum absolute atomic E-state index is 0.591. The molecule has 2 heteroatoms. The summed E-state index contributed by atoms with van der Waals surface area (Å²) in [5.41, 5.74) is -0.591. The number of nitrogens with one attached hydrogen (secondary N) is 1. The van der Waals surface area contributed by atoms with Crippen LogP contribution in [-0.4, -0.2) is 23.3 Å². The van der Waals surface area contributed by atoms with Crippen LogP contribution in [0.25, 0.3) is 0 Å². The van der Waals surface area contributed by atoms with E-state index in [1.165, 1.54) is 12.8 Å². The van der Waals surface area contributed by atoms with Crippen molar-refractivity contribution < 1.29 is 5.11 Å². The Morgan fingerprint density at radius 3 is 2.77 bits per heavy atom. The van der Waals surface area contributed by atoms with Crippen molar-refractivity contribution >= 4 is 0 Å². The van der Waals surface area contributed by atoms with Crippen molar-refractivity contribution in [1.82, 2.24) is 5.32 Å². The van der Waals surface area contributed by atoms with Crippen molar-refractivity contribution in [2.24, 2.45) is 0 Å². The molecule has 0 heterocycles. The zero-order valence-corrected chi connectivity index (χ0v) is 8.56. The number of rotatable bonds is 5. The van der Waals surface area contributed by atoms with E-state index in [2.05, 4.69) is 17.2 Å². The highest BCUT2D eigenvalue weighted by atomic mass is 16.3. The van der Waals surface area contributed by atoms with E-state index in [1.54, 1.807) is 0 Å². The van der Waals surface area contributed by atoms with E-state index < -0.39 is 5.60 Å². The van der Waals surface area contributed by atoms with Crippen LogP contribution in [-0.2, 0) is 0 Å². The maximum absolute atomic E-state index is 9.89. The highest BCUT2D eigenvalue weighted by Gasteiger charge is 2.25. The first-order valence-corrected chi connectivity index (χ1v) is 4.99. The fourth-order valence-electron chi connectivity index (χ4n) is 1.20. The molecule has 2 N–H and O–H groups in total. The molecule has 1 atom stereocenters. The predicted molar refractivity (Wildman–Crippen MR) is 54.3 cm³/mol. The highest BCUT2D eigenvalue weighted by molar-refractivity contribution is 4.97. The first-order chi connectivity index (χ1) is 6.14. The predicted octanol–water partition coefficient (Wildman–Crippen LogP) is 1.29. The van der Waals surface area contributed by atoms with E-state index in [4.69, 9.17) is 0 Å². The Morgan fingerprint density at radius 1 is 1.54 bits per heavy atom. The van der Waals surface area contributed by atoms with E-state index >= 15 is 0 Å². The Balaban J connectivity index is 2.13. The molecule has 0 bridgehead atoms. The van der Waals surface area contributed by atoms with Crippen LogP contribution >= 0.6 is 0 Å². The van der Waals surface area contributed by atoms with Crippen LogP contribution in [0.1, 0.15) is 39.5 Å². The molecule has 1 fully saturated rings. The van der Waals surface area contributed by atoms with Gasteiger partial charge < -0.3 is 10.4 Å². The smallest absolute Gasteiger partial charge is 0.0752 e. The molecule has 1 aliphatic carbocycles. The molecule has 74 valence electrons. The molecule has 1 rings (SSSR count). The molecule has 0 amide bonds. The van der Waals surface area contributed by atoms with Crippen LogP contribution in [0.5, 0.6) is 0 Å². The van der Waals surface area contributed by atoms with Gasteiger partial charge in [-0.25, -0.2) is 0 Å². The molecule has 0 spiro atoms. The molecule has 1 saturated carbocycles. The van der Waals surface area contributed by atoms with Gasteiger partial charge >= 0.3 is 0 Å². The van der Waals surface area contributed by atoms with Crippen LogP contribution < -0.4 is 5.32 Å². The van der Waals surface area contributed by atoms with Gasteiger partial charge in [-0.15, -0.1) is 11.8 Å². The molecule has 0 aliphatic heterocycles. The summed E-state index contributed by atoms with van der Waals surface area (Å²) in [5, 5.41) is 13.2. The van der Waals surface area contributed by atoms with Gasteiger partial charge in [0.25, 0.3) is 0 Å². The fraction of sp³-hybridized carbons (Fsp3) is 0.818. The first-order valence-electron chi connectivity index (χ1n) is 4.99. The third-order valence-electron chi connectivity index (χ3n) is 2.31. The van der Waals surface area contributed by atoms with Gasteiger partial charge in [-0.1, -0.05) is 0 Å². The standard InChI is InChI=1S/C11H19NO/c1-3-4-5-8-11(2,13)9-12-10-6-7-10/h10,12-13H,5-9H2,1-2H3. The summed E-state index contributed by atoms with van der Waals surface area (Å²) in [6.07, 6.45) is 4.08. The molecule has 1 unspecified atom stereocenters. The van der Waals surface area contributed by atoms with Gasteiger partial charge in [0.05, 0.1) is 5.60 Å². The Labute approximate surface area is 80.7 Å². The fourth-order valence-corrected chi connectivity index (χ4v) is 1.20. The van der Waals surface area contributed by atoms with Gasteiger partial charge in [0.1, 0.15) is 0 Å². The normalized spacial score (nSPS) is 20.2. The van der Waals surface area contributed by atoms with E-state index in [-0.39, 0.29) is 0 Å². The number of hydrogen-bond acceptors (Lipinski definition) is 2. The topological polar surface area (TPSA) is 32.3 Å². The molecule has 2 nitrogen and oxygen atoms in total. The van der Waals surface area contributed by atoms with E-state index in [9.17, 15) is 5.11 Å². The third-order valence-corrected chi connectivity index (χ3v) is 2.31. The van der Waals surface area contributed by atoms with Gasteiger partial charge in [-0.05, 0) is 33.1 Å². The lowest BCUT2D eigenvalue weighted by Crippen LogP contribution is -2.38. The minimum atomic E-state index is -0.591. The number of aliphatic hydroxyl groups is 1. The van der Waals surface area contributed by atoms with Crippen LogP contribution in [0.3, 0.4) is 0 Å². The Kier molecular flexibility index (Phi) is 3.77. The quantitative estimate of drug-likeness (QED) is 0.626. The summed E-state index contributed by atoms with van der Waals surface area (Å²) >= 11 is 0. The van der Waals surface area contributed by atoms with Crippen LogP contribution in [0.4, 0.5) is 0 Å². The van der Waals surface area contributed by atoms with Gasteiger partial charge in [-0.2, -0.15) is 0 Å². The SMILES string of the molecule is CC#CCCC(C)(O)CNC1CC1. The monoisotopic (exact) mass is 181 g/mol. The molecular weight excluding hydrogens is 162 g/mol. The second-order valence-electron chi connectivity index (χ2n) is 4.08. The molecule has 0 aromatic heterocycles. The van der Waals surface area contributed by atoms with E-state index in [1.807, 2.05) is 13.8 Å². The van der Waals surface area contributed by atoms with E-state index in [0.717, 1.165) is 12.8 Å². The maximum Gasteiger partial charge on any atom is 0.0752 e. The van der Waals surface area contributed by atoms with E-state index in [0.29, 0.717) is 12.6 Å². The summed E-state index contributed by atoms with van der Waals surface area (Å²) in [7, 11) is 0. The summed E-state index contributed by atoms with van der Waals surface area (Å²) in [6.45, 7) is 4.40. The van der Waals surface area contributed by atoms with Gasteiger partial charge in [0, 0.05) is 19.0 Å². The molecule has 0 aromatic carbocycles. The third kappa shape index (κ3) is 4.92. The van der Waals surface area contributed by atoms with Gasteiger partial charge in [0.15, 0.2) is 0 Å². The Hall–Kier alpha value is -0.520. The van der Waals surface area contributed by atoms with Crippen molar-refractivity contribution in [2.45, 2.75) is 51.2 Å². The van der Waals surface area contributed by atoms with Crippen molar-refractivity contribution in [1.29, 1.82) is 0 Å². The number of hydrogen-bond donors (Lipinski definition) is 2. The Morgan fingerprint density at radius 2 is 2.23 bits per heavy atom. The summed E-state index contributed by atoms with van der Waals surface area (Å²) in [5.74, 6) is 5.81. The highest BCUT2D eigenvalue weighted by Crippen LogP contribution is 2.20. The summed E-state index contributed by atoms with van der Waals surface area (Å²) in [4.78, 5) is 0. The second-order valence-corrected chi connectivity index (χ2v) is 4.08. The average Bonchev–Trinajstić information content (AvgIpc) is 2.84. The second kappa shape index (κ2) is 4.64. The summed E-state index contributed by atoms with van der Waals surface area (Å²) in [6, 6.07) is 0.670. The van der Waals surface area contributed by atoms with Gasteiger partial charge in [0.2, 0.25) is 0 Å². The minimum Gasteiger partial charge on any atom is -0.389 e. The molecule has 0 aromatic rings. The molecular formula is C11H19NO. The van der Waals surface area contributed by atoms with Crippen LogP contribution in [0, 0.1) is 11.8 Å². The lowest BCUT2D eigenvalue weighted by atomic mass is 10.0. The lowest BCUT2D eigenvalue weighted by molar-refractivity contribution is 0.0520. The van der Waals surface area contributed by atoms with Crippen molar-refractivity contribution in [3.8, 4) is 11.8 Å². The van der Waals surface area contributed by atoms with Crippen molar-refractivity contribution in [3.05, 3.63) is 0 Å². The van der Waals surface area contributed by atoms with Gasteiger partial charge in [-0.3, -0.25) is 0 Å². The molecule has 1 aliphatic rings. The van der Waals surface area contributed by atoms with Crippen LogP contribution in [0.15, 0.2) is 0 Å². The first kappa shape index (κ1) is 10.6. The Bertz CT molecular complexity index is 208. The molecule has 0 radical (unpaired) electrons. The molecule has 0 saturated heterocycles. The lowest BCUT2D eigenvalue weighted by Gasteiger charge is -2.22. The molecule has 13 heavy (non-hydrogen) atoms.